The molecule has 0 aromatic heterocycles. The number of esters is 1. The van der Waals surface area contributed by atoms with Crippen LogP contribution in [0.2, 0.25) is 0 Å². The molecule has 4 rings (SSSR count). The van der Waals surface area contributed by atoms with Gasteiger partial charge in [0.1, 0.15) is 23.6 Å². The number of nitrogens with zero attached hydrogens (tertiary/aromatic N) is 1. The van der Waals surface area contributed by atoms with Gasteiger partial charge in [0.25, 0.3) is 5.92 Å². The molecular weight excluding hydrogens is 652 g/mol. The molecule has 0 unspecified atom stereocenters. The molecule has 0 bridgehead atoms. The van der Waals surface area contributed by atoms with Crippen molar-refractivity contribution in [2.24, 2.45) is 11.3 Å². The number of hydrogen-bond acceptors (Lipinski definition) is 6. The first-order valence-corrected chi connectivity index (χ1v) is 15.0. The van der Waals surface area contributed by atoms with Crippen LogP contribution in [-0.2, 0) is 25.5 Å². The minimum atomic E-state index is -5.31. The molecule has 0 amide bonds. The van der Waals surface area contributed by atoms with Crippen LogP contribution in [0.15, 0.2) is 41.3 Å². The lowest BCUT2D eigenvalue weighted by atomic mass is 9.66. The van der Waals surface area contributed by atoms with Gasteiger partial charge < -0.3 is 14.4 Å². The van der Waals surface area contributed by atoms with Crippen LogP contribution in [0.4, 0.5) is 55.3 Å². The highest BCUT2D eigenvalue weighted by atomic mass is 32.2. The second-order valence-electron chi connectivity index (χ2n) is 11.4. The molecular formula is C28H27F10NO5S. The van der Waals surface area contributed by atoms with E-state index in [4.69, 9.17) is 9.47 Å². The molecule has 2 aromatic carbocycles. The minimum absolute atomic E-state index is 0.159. The van der Waals surface area contributed by atoms with Gasteiger partial charge in [0.05, 0.1) is 22.3 Å². The number of alkyl halides is 9. The van der Waals surface area contributed by atoms with Crippen LogP contribution in [0, 0.1) is 17.2 Å². The summed E-state index contributed by atoms with van der Waals surface area (Å²) in [6.07, 6.45) is -15.8. The Balaban J connectivity index is 1.85. The third-order valence-electron chi connectivity index (χ3n) is 7.46. The Bertz CT molecular complexity index is 1520. The zero-order valence-corrected chi connectivity index (χ0v) is 24.4. The summed E-state index contributed by atoms with van der Waals surface area (Å²) in [7, 11) is -5.31. The van der Waals surface area contributed by atoms with Gasteiger partial charge in [0.15, 0.2) is 0 Å². The summed E-state index contributed by atoms with van der Waals surface area (Å²) < 4.78 is 176. The highest BCUT2D eigenvalue weighted by molar-refractivity contribution is 7.92. The summed E-state index contributed by atoms with van der Waals surface area (Å²) in [5.74, 6) is -8.51. The Morgan fingerprint density at radius 3 is 2.16 bits per heavy atom. The van der Waals surface area contributed by atoms with E-state index >= 15 is 4.39 Å². The van der Waals surface area contributed by atoms with E-state index in [1.54, 1.807) is 0 Å². The van der Waals surface area contributed by atoms with Crippen LogP contribution in [0.1, 0.15) is 45.1 Å². The summed E-state index contributed by atoms with van der Waals surface area (Å²) in [6, 6.07) is 4.34. The van der Waals surface area contributed by atoms with Crippen LogP contribution < -0.4 is 9.64 Å². The molecule has 1 aliphatic carbocycles. The molecule has 1 fully saturated rings. The number of fused-ring (bicyclic) bond motifs is 1. The van der Waals surface area contributed by atoms with Gasteiger partial charge >= 0.3 is 18.3 Å². The lowest BCUT2D eigenvalue weighted by Gasteiger charge is -2.44. The number of hydrogen-bond donors (Lipinski definition) is 0. The quantitative estimate of drug-likeness (QED) is 0.210. The van der Waals surface area contributed by atoms with Crippen molar-refractivity contribution in [2.45, 2.75) is 74.3 Å². The summed E-state index contributed by atoms with van der Waals surface area (Å²) in [4.78, 5) is 12.4. The van der Waals surface area contributed by atoms with Crippen molar-refractivity contribution in [3.8, 4) is 5.75 Å². The summed E-state index contributed by atoms with van der Waals surface area (Å²) in [5, 5.41) is 0. The van der Waals surface area contributed by atoms with Gasteiger partial charge in [-0.05, 0) is 50.6 Å². The molecule has 17 heteroatoms. The molecule has 2 aromatic rings. The lowest BCUT2D eigenvalue weighted by Crippen LogP contribution is -2.55. The first-order chi connectivity index (χ1) is 20.5. The fraction of sp³-hybridized carbons (Fsp3) is 0.536. The SMILES string of the molecule is CC(C)OC(=O)C1(COc2cc3c(cc2C(F)(F)F)N(c2ccc(F)cc2)C[C@H](CCC(F)(F)F)[C@H](F)S3(=O)=O)CC(F)(F)C1. The highest BCUT2D eigenvalue weighted by Crippen LogP contribution is 2.54. The van der Waals surface area contributed by atoms with Crippen LogP contribution in [0.5, 0.6) is 5.75 Å². The van der Waals surface area contributed by atoms with E-state index in [0.717, 1.165) is 29.2 Å². The summed E-state index contributed by atoms with van der Waals surface area (Å²) in [5.41, 5.74) is -7.71. The molecule has 6 nitrogen and oxygen atoms in total. The van der Waals surface area contributed by atoms with Gasteiger partial charge in [-0.1, -0.05) is 0 Å². The van der Waals surface area contributed by atoms with Gasteiger partial charge in [-0.3, -0.25) is 4.79 Å². The van der Waals surface area contributed by atoms with Crippen molar-refractivity contribution in [3.05, 3.63) is 47.8 Å². The van der Waals surface area contributed by atoms with E-state index in [0.29, 0.717) is 6.07 Å². The third kappa shape index (κ3) is 7.43. The average Bonchev–Trinajstić information content (AvgIpc) is 2.96. The fourth-order valence-corrected chi connectivity index (χ4v) is 7.06. The smallest absolute Gasteiger partial charge is 0.420 e. The Labute approximate surface area is 251 Å². The van der Waals surface area contributed by atoms with Gasteiger partial charge in [-0.25, -0.2) is 26.0 Å². The normalized spacial score (nSPS) is 22.3. The molecule has 45 heavy (non-hydrogen) atoms. The average molecular weight is 680 g/mol. The molecule has 1 aliphatic heterocycles. The van der Waals surface area contributed by atoms with Crippen molar-refractivity contribution in [1.29, 1.82) is 0 Å². The maximum absolute atomic E-state index is 15.7. The number of sulfone groups is 1. The maximum atomic E-state index is 15.7. The highest BCUT2D eigenvalue weighted by Gasteiger charge is 2.63. The zero-order valence-electron chi connectivity index (χ0n) is 23.6. The number of anilines is 2. The van der Waals surface area contributed by atoms with Crippen molar-refractivity contribution < 1.29 is 66.6 Å². The predicted molar refractivity (Wildman–Crippen MR) is 139 cm³/mol. The van der Waals surface area contributed by atoms with Crippen LogP contribution in [-0.4, -0.2) is 51.2 Å². The second-order valence-corrected chi connectivity index (χ2v) is 13.4. The monoisotopic (exact) mass is 679 g/mol. The Kier molecular flexibility index (Phi) is 9.11. The predicted octanol–water partition coefficient (Wildman–Crippen LogP) is 7.77. The van der Waals surface area contributed by atoms with Gasteiger partial charge in [-0.15, -0.1) is 0 Å². The Hall–Kier alpha value is -3.24. The Morgan fingerprint density at radius 2 is 1.64 bits per heavy atom. The van der Waals surface area contributed by atoms with Gasteiger partial charge in [0.2, 0.25) is 15.3 Å². The number of halogens is 10. The van der Waals surface area contributed by atoms with E-state index in [-0.39, 0.29) is 11.8 Å². The first kappa shape index (κ1) is 34.6. The molecule has 2 aliphatic rings. The molecule has 2 atom stereocenters. The van der Waals surface area contributed by atoms with Crippen LogP contribution >= 0.6 is 0 Å². The number of ether oxygens (including phenoxy) is 2. The summed E-state index contributed by atoms with van der Waals surface area (Å²) in [6.45, 7) is 0.881. The molecule has 1 heterocycles. The number of benzene rings is 2. The van der Waals surface area contributed by atoms with E-state index in [9.17, 15) is 52.7 Å². The molecule has 1 saturated carbocycles. The van der Waals surface area contributed by atoms with E-state index in [1.807, 2.05) is 0 Å². The number of carbonyl (C=O) groups excluding carboxylic acids is 1. The zero-order chi connectivity index (χ0) is 33.8. The largest absolute Gasteiger partial charge is 0.492 e. The van der Waals surface area contributed by atoms with Crippen LogP contribution in [0.3, 0.4) is 0 Å². The topological polar surface area (TPSA) is 72.9 Å². The Morgan fingerprint density at radius 1 is 1.04 bits per heavy atom. The molecule has 0 N–H and O–H groups in total. The van der Waals surface area contributed by atoms with Crippen molar-refractivity contribution in [2.75, 3.05) is 18.1 Å². The second kappa shape index (κ2) is 11.8. The first-order valence-electron chi connectivity index (χ1n) is 13.5. The van der Waals surface area contributed by atoms with Crippen molar-refractivity contribution in [1.82, 2.24) is 0 Å². The van der Waals surface area contributed by atoms with Crippen LogP contribution in [0.25, 0.3) is 0 Å². The van der Waals surface area contributed by atoms with E-state index < -0.39 is 124 Å². The standard InChI is InChI=1S/C28H27F10NO5S/c1-15(2)44-24(40)25(12-26(31,32)13-25)14-43-21-10-22-20(9-19(21)28(36,37)38)39(18-5-3-17(29)4-6-18)11-16(7-8-27(33,34)35)23(30)45(22,41)42/h3-6,9-10,15-16,23H,7-8,11-14H2,1-2H3/t16-,23+/m0/s1. The van der Waals surface area contributed by atoms with Gasteiger partial charge in [0, 0.05) is 43.5 Å². The number of carbonyl (C=O) groups is 1. The maximum Gasteiger partial charge on any atom is 0.420 e. The number of rotatable bonds is 8. The molecule has 0 saturated heterocycles. The fourth-order valence-electron chi connectivity index (χ4n) is 5.36. The van der Waals surface area contributed by atoms with Gasteiger partial charge in [-0.2, -0.15) is 26.3 Å². The minimum Gasteiger partial charge on any atom is -0.492 e. The lowest BCUT2D eigenvalue weighted by molar-refractivity contribution is -0.207. The van der Waals surface area contributed by atoms with Crippen molar-refractivity contribution in [3.63, 3.8) is 0 Å². The molecule has 250 valence electrons. The molecule has 0 spiro atoms. The molecule has 0 radical (unpaired) electrons. The van der Waals surface area contributed by atoms with E-state index in [2.05, 4.69) is 0 Å². The summed E-state index contributed by atoms with van der Waals surface area (Å²) >= 11 is 0. The third-order valence-corrected chi connectivity index (χ3v) is 9.38. The van der Waals surface area contributed by atoms with E-state index in [1.165, 1.54) is 13.8 Å². The van der Waals surface area contributed by atoms with Crippen molar-refractivity contribution >= 4 is 27.2 Å².